The van der Waals surface area contributed by atoms with E-state index in [1.807, 2.05) is 0 Å². The standard InChI is InChI=1S/C18H16N2O6/c1-9(21)19-13-7-3-5-11(17(23)24)15(13)16-12(18(25)26)6-4-8-14(16)20-10(2)22/h3-8H,1-2H3,(H,19,21)(H,20,22)(H,23,24)(H,25,26). The molecule has 2 rings (SSSR count). The molecule has 8 nitrogen and oxygen atoms in total. The summed E-state index contributed by atoms with van der Waals surface area (Å²) in [5, 5.41) is 24.1. The first-order chi connectivity index (χ1) is 12.2. The monoisotopic (exact) mass is 356 g/mol. The van der Waals surface area contributed by atoms with Gasteiger partial charge in [-0.3, -0.25) is 9.59 Å². The van der Waals surface area contributed by atoms with Gasteiger partial charge in [0.2, 0.25) is 11.8 Å². The molecular weight excluding hydrogens is 340 g/mol. The number of hydrogen-bond acceptors (Lipinski definition) is 4. The highest BCUT2D eigenvalue weighted by molar-refractivity contribution is 6.11. The average molecular weight is 356 g/mol. The number of amides is 2. The largest absolute Gasteiger partial charge is 0.478 e. The third kappa shape index (κ3) is 3.86. The quantitative estimate of drug-likeness (QED) is 0.651. The van der Waals surface area contributed by atoms with Crippen molar-refractivity contribution in [2.24, 2.45) is 0 Å². The molecule has 0 aliphatic heterocycles. The lowest BCUT2D eigenvalue weighted by atomic mass is 9.91. The van der Waals surface area contributed by atoms with E-state index in [9.17, 15) is 29.4 Å². The first kappa shape index (κ1) is 18.7. The predicted molar refractivity (Wildman–Crippen MR) is 94.4 cm³/mol. The Kier molecular flexibility index (Phi) is 5.36. The molecule has 0 heterocycles. The van der Waals surface area contributed by atoms with Crippen molar-refractivity contribution in [3.05, 3.63) is 47.5 Å². The molecule has 0 spiro atoms. The minimum atomic E-state index is -1.30. The van der Waals surface area contributed by atoms with Crippen LogP contribution in [0.2, 0.25) is 0 Å². The number of hydrogen-bond donors (Lipinski definition) is 4. The molecule has 0 saturated carbocycles. The number of carbonyl (C=O) groups is 4. The second-order valence-corrected chi connectivity index (χ2v) is 5.43. The van der Waals surface area contributed by atoms with E-state index in [-0.39, 0.29) is 33.6 Å². The van der Waals surface area contributed by atoms with Crippen molar-refractivity contribution in [1.82, 2.24) is 0 Å². The van der Waals surface area contributed by atoms with E-state index in [0.717, 1.165) is 0 Å². The van der Waals surface area contributed by atoms with Gasteiger partial charge in [0.1, 0.15) is 0 Å². The van der Waals surface area contributed by atoms with Gasteiger partial charge in [0.05, 0.1) is 11.1 Å². The Hall–Kier alpha value is -3.68. The van der Waals surface area contributed by atoms with Crippen LogP contribution in [0.3, 0.4) is 0 Å². The topological polar surface area (TPSA) is 133 Å². The molecule has 0 aliphatic rings. The second kappa shape index (κ2) is 7.47. The van der Waals surface area contributed by atoms with Crippen LogP contribution in [0.1, 0.15) is 34.6 Å². The maximum atomic E-state index is 11.7. The van der Waals surface area contributed by atoms with Crippen molar-refractivity contribution in [3.8, 4) is 11.1 Å². The normalized spacial score (nSPS) is 10.1. The van der Waals surface area contributed by atoms with Crippen LogP contribution in [-0.2, 0) is 9.59 Å². The summed E-state index contributed by atoms with van der Waals surface area (Å²) in [7, 11) is 0. The van der Waals surface area contributed by atoms with Crippen molar-refractivity contribution in [1.29, 1.82) is 0 Å². The molecule has 8 heteroatoms. The number of carboxylic acid groups (broad SMARTS) is 2. The zero-order chi connectivity index (χ0) is 19.4. The maximum absolute atomic E-state index is 11.7. The molecule has 0 saturated heterocycles. The summed E-state index contributed by atoms with van der Waals surface area (Å²) in [6.45, 7) is 2.49. The molecule has 0 aliphatic carbocycles. The molecule has 4 N–H and O–H groups in total. The summed E-state index contributed by atoms with van der Waals surface area (Å²) >= 11 is 0. The minimum absolute atomic E-state index is 0.00282. The highest BCUT2D eigenvalue weighted by atomic mass is 16.4. The van der Waals surface area contributed by atoms with E-state index in [1.54, 1.807) is 0 Å². The fraction of sp³-hybridized carbons (Fsp3) is 0.111. The van der Waals surface area contributed by atoms with Gasteiger partial charge in [-0.05, 0) is 24.3 Å². The molecule has 0 unspecified atom stereocenters. The smallest absolute Gasteiger partial charge is 0.336 e. The third-order valence-corrected chi connectivity index (χ3v) is 3.46. The Morgan fingerprint density at radius 1 is 0.692 bits per heavy atom. The molecule has 0 radical (unpaired) electrons. The molecular formula is C18H16N2O6. The van der Waals surface area contributed by atoms with Crippen LogP contribution in [-0.4, -0.2) is 34.0 Å². The van der Waals surface area contributed by atoms with Gasteiger partial charge < -0.3 is 20.8 Å². The number of carboxylic acids is 2. The van der Waals surface area contributed by atoms with Crippen molar-refractivity contribution >= 4 is 35.1 Å². The zero-order valence-electron chi connectivity index (χ0n) is 14.0. The van der Waals surface area contributed by atoms with Crippen LogP contribution < -0.4 is 10.6 Å². The number of carbonyl (C=O) groups excluding carboxylic acids is 2. The summed E-state index contributed by atoms with van der Waals surface area (Å²) in [5.41, 5.74) is -0.183. The maximum Gasteiger partial charge on any atom is 0.336 e. The fourth-order valence-electron chi connectivity index (χ4n) is 2.59. The van der Waals surface area contributed by atoms with Crippen LogP contribution >= 0.6 is 0 Å². The van der Waals surface area contributed by atoms with Gasteiger partial charge in [0.25, 0.3) is 0 Å². The molecule has 2 aromatic rings. The van der Waals surface area contributed by atoms with Crippen LogP contribution in [0.15, 0.2) is 36.4 Å². The number of nitrogens with one attached hydrogen (secondary N) is 2. The number of benzene rings is 2. The number of anilines is 2. The molecule has 134 valence electrons. The molecule has 0 bridgehead atoms. The summed E-state index contributed by atoms with van der Waals surface area (Å²) in [4.78, 5) is 46.4. The Morgan fingerprint density at radius 2 is 1.04 bits per heavy atom. The van der Waals surface area contributed by atoms with Gasteiger partial charge in [0.15, 0.2) is 0 Å². The van der Waals surface area contributed by atoms with E-state index in [0.29, 0.717) is 0 Å². The minimum Gasteiger partial charge on any atom is -0.478 e. The highest BCUT2D eigenvalue weighted by Crippen LogP contribution is 2.39. The molecule has 2 aromatic carbocycles. The van der Waals surface area contributed by atoms with Gasteiger partial charge in [-0.15, -0.1) is 0 Å². The van der Waals surface area contributed by atoms with E-state index in [2.05, 4.69) is 10.6 Å². The van der Waals surface area contributed by atoms with E-state index in [1.165, 1.54) is 50.2 Å². The van der Waals surface area contributed by atoms with Gasteiger partial charge >= 0.3 is 11.9 Å². The molecule has 0 aromatic heterocycles. The van der Waals surface area contributed by atoms with Gasteiger partial charge in [-0.2, -0.15) is 0 Å². The molecule has 2 amide bonds. The predicted octanol–water partition coefficient (Wildman–Crippen LogP) is 2.67. The Bertz CT molecular complexity index is 844. The van der Waals surface area contributed by atoms with Crippen molar-refractivity contribution in [3.63, 3.8) is 0 Å². The van der Waals surface area contributed by atoms with Gasteiger partial charge in [0, 0.05) is 36.3 Å². The summed E-state index contributed by atoms with van der Waals surface area (Å²) < 4.78 is 0. The van der Waals surface area contributed by atoms with Crippen LogP contribution in [0, 0.1) is 0 Å². The molecule has 26 heavy (non-hydrogen) atoms. The van der Waals surface area contributed by atoms with E-state index in [4.69, 9.17) is 0 Å². The van der Waals surface area contributed by atoms with Gasteiger partial charge in [-0.1, -0.05) is 12.1 Å². The van der Waals surface area contributed by atoms with Gasteiger partial charge in [-0.25, -0.2) is 9.59 Å². The number of aromatic carboxylic acids is 2. The second-order valence-electron chi connectivity index (χ2n) is 5.43. The SMILES string of the molecule is CC(=O)Nc1cccc(C(=O)O)c1-c1c(NC(C)=O)cccc1C(=O)O. The molecule has 0 fully saturated rings. The van der Waals surface area contributed by atoms with E-state index >= 15 is 0 Å². The first-order valence-corrected chi connectivity index (χ1v) is 7.50. The lowest BCUT2D eigenvalue weighted by Gasteiger charge is -2.18. The summed E-state index contributed by atoms with van der Waals surface area (Å²) in [5.74, 6) is -3.52. The lowest BCUT2D eigenvalue weighted by Crippen LogP contribution is -2.14. The van der Waals surface area contributed by atoms with Crippen LogP contribution in [0.5, 0.6) is 0 Å². The Morgan fingerprint density at radius 3 is 1.31 bits per heavy atom. The van der Waals surface area contributed by atoms with Crippen molar-refractivity contribution in [2.45, 2.75) is 13.8 Å². The first-order valence-electron chi connectivity index (χ1n) is 7.50. The van der Waals surface area contributed by atoms with Crippen molar-refractivity contribution in [2.75, 3.05) is 10.6 Å². The third-order valence-electron chi connectivity index (χ3n) is 3.46. The molecule has 0 atom stereocenters. The lowest BCUT2D eigenvalue weighted by molar-refractivity contribution is -0.115. The summed E-state index contributed by atoms with van der Waals surface area (Å²) in [6.07, 6.45) is 0. The number of rotatable bonds is 5. The van der Waals surface area contributed by atoms with Crippen LogP contribution in [0.4, 0.5) is 11.4 Å². The zero-order valence-corrected chi connectivity index (χ0v) is 14.0. The Balaban J connectivity index is 2.93. The summed E-state index contributed by atoms with van der Waals surface area (Å²) in [6, 6.07) is 8.36. The average Bonchev–Trinajstić information content (AvgIpc) is 2.53. The van der Waals surface area contributed by atoms with Crippen LogP contribution in [0.25, 0.3) is 11.1 Å². The van der Waals surface area contributed by atoms with Crippen molar-refractivity contribution < 1.29 is 29.4 Å². The highest BCUT2D eigenvalue weighted by Gasteiger charge is 2.24. The fourth-order valence-corrected chi connectivity index (χ4v) is 2.59. The van der Waals surface area contributed by atoms with E-state index < -0.39 is 23.8 Å². The Labute approximate surface area is 148 Å².